The zero-order chi connectivity index (χ0) is 19.5. The lowest BCUT2D eigenvalue weighted by Gasteiger charge is -2.09. The first-order valence-electron chi connectivity index (χ1n) is 9.00. The highest BCUT2D eigenvalue weighted by atomic mass is 16.5. The molecule has 0 saturated carbocycles. The van der Waals surface area contributed by atoms with E-state index < -0.39 is 0 Å². The lowest BCUT2D eigenvalue weighted by Crippen LogP contribution is -2.20. The minimum absolute atomic E-state index is 0.0719. The van der Waals surface area contributed by atoms with Crippen LogP contribution in [0.15, 0.2) is 66.9 Å². The Hall–Kier alpha value is -3.67. The molecule has 1 N–H and O–H groups in total. The van der Waals surface area contributed by atoms with Gasteiger partial charge in [-0.05, 0) is 55.0 Å². The summed E-state index contributed by atoms with van der Waals surface area (Å²) in [5, 5.41) is 9.40. The van der Waals surface area contributed by atoms with Crippen LogP contribution in [0, 0.1) is 13.8 Å². The standard InChI is InChI=1S/C22H20N4O2/c1-15-11-16(2)26(25-15)21-10-8-19(13-23-21)24-22(27)14-28-20-9-7-17-5-3-4-6-18(17)12-20/h3-13H,14H2,1-2H3,(H,24,27). The van der Waals surface area contributed by atoms with Gasteiger partial charge < -0.3 is 10.1 Å². The van der Waals surface area contributed by atoms with Gasteiger partial charge in [-0.25, -0.2) is 9.67 Å². The second kappa shape index (κ2) is 7.52. The van der Waals surface area contributed by atoms with Gasteiger partial charge in [0.25, 0.3) is 5.91 Å². The Balaban J connectivity index is 1.37. The number of hydrogen-bond acceptors (Lipinski definition) is 4. The van der Waals surface area contributed by atoms with E-state index in [0.29, 0.717) is 17.3 Å². The number of nitrogens with zero attached hydrogens (tertiary/aromatic N) is 3. The summed E-state index contributed by atoms with van der Waals surface area (Å²) < 4.78 is 7.38. The molecule has 6 nitrogen and oxygen atoms in total. The molecule has 0 unspecified atom stereocenters. The van der Waals surface area contributed by atoms with Gasteiger partial charge in [0.15, 0.2) is 12.4 Å². The van der Waals surface area contributed by atoms with E-state index in [9.17, 15) is 4.79 Å². The number of nitrogens with one attached hydrogen (secondary N) is 1. The number of anilines is 1. The molecule has 0 fully saturated rings. The highest BCUT2D eigenvalue weighted by molar-refractivity contribution is 5.92. The molecular formula is C22H20N4O2. The first-order valence-corrected chi connectivity index (χ1v) is 9.00. The third-order valence-corrected chi connectivity index (χ3v) is 4.35. The molecule has 1 amide bonds. The van der Waals surface area contributed by atoms with Gasteiger partial charge in [-0.1, -0.05) is 30.3 Å². The van der Waals surface area contributed by atoms with E-state index in [1.54, 1.807) is 16.9 Å². The molecule has 0 bridgehead atoms. The van der Waals surface area contributed by atoms with Crippen molar-refractivity contribution in [2.24, 2.45) is 0 Å². The van der Waals surface area contributed by atoms with Crippen molar-refractivity contribution >= 4 is 22.4 Å². The van der Waals surface area contributed by atoms with E-state index in [1.807, 2.05) is 68.4 Å². The van der Waals surface area contributed by atoms with Crippen LogP contribution < -0.4 is 10.1 Å². The second-order valence-electron chi connectivity index (χ2n) is 6.59. The minimum atomic E-state index is -0.242. The summed E-state index contributed by atoms with van der Waals surface area (Å²) in [5.41, 5.74) is 2.55. The SMILES string of the molecule is Cc1cc(C)n(-c2ccc(NC(=O)COc3ccc4ccccc4c3)cn2)n1. The molecule has 4 aromatic rings. The van der Waals surface area contributed by atoms with Crippen LogP contribution in [-0.2, 0) is 4.79 Å². The summed E-state index contributed by atoms with van der Waals surface area (Å²) in [6.07, 6.45) is 1.61. The number of carbonyl (C=O) groups is 1. The Kier molecular flexibility index (Phi) is 4.76. The Morgan fingerprint density at radius 1 is 1.04 bits per heavy atom. The largest absolute Gasteiger partial charge is 0.484 e. The molecule has 0 aliphatic heterocycles. The van der Waals surface area contributed by atoms with Crippen molar-refractivity contribution in [2.75, 3.05) is 11.9 Å². The summed E-state index contributed by atoms with van der Waals surface area (Å²) in [4.78, 5) is 16.6. The zero-order valence-electron chi connectivity index (χ0n) is 15.7. The normalized spacial score (nSPS) is 10.8. The van der Waals surface area contributed by atoms with Gasteiger partial charge in [0.2, 0.25) is 0 Å². The Bertz CT molecular complexity index is 1130. The monoisotopic (exact) mass is 372 g/mol. The van der Waals surface area contributed by atoms with Gasteiger partial charge in [0, 0.05) is 5.69 Å². The lowest BCUT2D eigenvalue weighted by atomic mass is 10.1. The molecule has 4 rings (SSSR count). The molecule has 0 aliphatic carbocycles. The topological polar surface area (TPSA) is 69.0 Å². The number of pyridine rings is 1. The predicted molar refractivity (Wildman–Crippen MR) is 109 cm³/mol. The van der Waals surface area contributed by atoms with Gasteiger partial charge in [-0.3, -0.25) is 4.79 Å². The number of aryl methyl sites for hydroxylation is 2. The maximum Gasteiger partial charge on any atom is 0.262 e. The van der Waals surface area contributed by atoms with Crippen LogP contribution in [0.3, 0.4) is 0 Å². The molecule has 2 aromatic heterocycles. The van der Waals surface area contributed by atoms with E-state index in [2.05, 4.69) is 15.4 Å². The van der Waals surface area contributed by atoms with Crippen molar-refractivity contribution in [3.8, 4) is 11.6 Å². The molecule has 0 atom stereocenters. The third-order valence-electron chi connectivity index (χ3n) is 4.35. The average molecular weight is 372 g/mol. The van der Waals surface area contributed by atoms with Crippen LogP contribution in [0.2, 0.25) is 0 Å². The molecule has 0 spiro atoms. The van der Waals surface area contributed by atoms with Gasteiger partial charge in [0.05, 0.1) is 17.6 Å². The van der Waals surface area contributed by atoms with Crippen LogP contribution in [0.5, 0.6) is 5.75 Å². The molecule has 2 heterocycles. The highest BCUT2D eigenvalue weighted by Gasteiger charge is 2.07. The maximum absolute atomic E-state index is 12.2. The first-order chi connectivity index (χ1) is 13.6. The van der Waals surface area contributed by atoms with Crippen LogP contribution in [-0.4, -0.2) is 27.3 Å². The Morgan fingerprint density at radius 2 is 1.86 bits per heavy atom. The summed E-state index contributed by atoms with van der Waals surface area (Å²) in [6, 6.07) is 19.4. The van der Waals surface area contributed by atoms with Gasteiger partial charge in [-0.15, -0.1) is 0 Å². The zero-order valence-corrected chi connectivity index (χ0v) is 15.7. The van der Waals surface area contributed by atoms with Crippen molar-refractivity contribution in [2.45, 2.75) is 13.8 Å². The van der Waals surface area contributed by atoms with Gasteiger partial charge >= 0.3 is 0 Å². The molecule has 2 aromatic carbocycles. The van der Waals surface area contributed by atoms with E-state index in [4.69, 9.17) is 4.74 Å². The molecule has 6 heteroatoms. The molecule has 0 radical (unpaired) electrons. The lowest BCUT2D eigenvalue weighted by molar-refractivity contribution is -0.118. The molecule has 0 aliphatic rings. The fourth-order valence-corrected chi connectivity index (χ4v) is 3.05. The molecule has 140 valence electrons. The first kappa shape index (κ1) is 17.7. The average Bonchev–Trinajstić information content (AvgIpc) is 3.05. The highest BCUT2D eigenvalue weighted by Crippen LogP contribution is 2.20. The number of amides is 1. The Morgan fingerprint density at radius 3 is 2.57 bits per heavy atom. The van der Waals surface area contributed by atoms with Crippen molar-refractivity contribution in [3.63, 3.8) is 0 Å². The number of ether oxygens (including phenoxy) is 1. The van der Waals surface area contributed by atoms with Crippen molar-refractivity contribution < 1.29 is 9.53 Å². The third kappa shape index (κ3) is 3.86. The van der Waals surface area contributed by atoms with Crippen LogP contribution >= 0.6 is 0 Å². The van der Waals surface area contributed by atoms with Gasteiger partial charge in [0.1, 0.15) is 5.75 Å². The number of aromatic nitrogens is 3. The molecular weight excluding hydrogens is 352 g/mol. The summed E-state index contributed by atoms with van der Waals surface area (Å²) in [5.74, 6) is 1.12. The van der Waals surface area contributed by atoms with E-state index in [1.165, 1.54) is 0 Å². The Labute approximate surface area is 162 Å². The number of hydrogen-bond donors (Lipinski definition) is 1. The summed E-state index contributed by atoms with van der Waals surface area (Å²) in [6.45, 7) is 3.84. The summed E-state index contributed by atoms with van der Waals surface area (Å²) in [7, 11) is 0. The molecule has 28 heavy (non-hydrogen) atoms. The van der Waals surface area contributed by atoms with Crippen molar-refractivity contribution in [3.05, 3.63) is 78.2 Å². The quantitative estimate of drug-likeness (QED) is 0.574. The van der Waals surface area contributed by atoms with Crippen LogP contribution in [0.25, 0.3) is 16.6 Å². The van der Waals surface area contributed by atoms with E-state index >= 15 is 0 Å². The predicted octanol–water partition coefficient (Wildman–Crippen LogP) is 4.05. The van der Waals surface area contributed by atoms with Crippen molar-refractivity contribution in [1.82, 2.24) is 14.8 Å². The smallest absolute Gasteiger partial charge is 0.262 e. The number of fused-ring (bicyclic) bond motifs is 1. The van der Waals surface area contributed by atoms with Crippen LogP contribution in [0.1, 0.15) is 11.4 Å². The maximum atomic E-state index is 12.2. The number of rotatable bonds is 5. The number of benzene rings is 2. The van der Waals surface area contributed by atoms with E-state index in [-0.39, 0.29) is 12.5 Å². The van der Waals surface area contributed by atoms with Crippen molar-refractivity contribution in [1.29, 1.82) is 0 Å². The fraction of sp³-hybridized carbons (Fsp3) is 0.136. The molecule has 0 saturated heterocycles. The van der Waals surface area contributed by atoms with Crippen LogP contribution in [0.4, 0.5) is 5.69 Å². The summed E-state index contributed by atoms with van der Waals surface area (Å²) >= 11 is 0. The fourth-order valence-electron chi connectivity index (χ4n) is 3.05. The van der Waals surface area contributed by atoms with E-state index in [0.717, 1.165) is 22.2 Å². The van der Waals surface area contributed by atoms with Gasteiger partial charge in [-0.2, -0.15) is 5.10 Å². The second-order valence-corrected chi connectivity index (χ2v) is 6.59. The minimum Gasteiger partial charge on any atom is -0.484 e. The number of carbonyl (C=O) groups excluding carboxylic acids is 1.